The summed E-state index contributed by atoms with van der Waals surface area (Å²) in [5.41, 5.74) is 8.77. The molecule has 29 heavy (non-hydrogen) atoms. The fourth-order valence-corrected chi connectivity index (χ4v) is 3.26. The quantitative estimate of drug-likeness (QED) is 0.623. The van der Waals surface area contributed by atoms with E-state index in [1.54, 1.807) is 30.3 Å². The molecule has 0 aromatic heterocycles. The number of methoxy groups -OCH3 is 1. The van der Waals surface area contributed by atoms with Gasteiger partial charge in [-0.3, -0.25) is 9.59 Å². The first-order valence-electron chi connectivity index (χ1n) is 9.06. The van der Waals surface area contributed by atoms with E-state index < -0.39 is 11.9 Å². The van der Waals surface area contributed by atoms with Crippen molar-refractivity contribution in [2.24, 2.45) is 5.73 Å². The Balaban J connectivity index is 1.71. The molecule has 3 rings (SSSR count). The predicted octanol–water partition coefficient (Wildman–Crippen LogP) is 3.84. The van der Waals surface area contributed by atoms with E-state index in [4.69, 9.17) is 22.1 Å². The standard InChI is InChI=1S/C23H21ClN2O3/c1-29-21-12-7-15(13-19(21)24)14-20(22(25)27)26-23(28)18-10-8-17(9-11-18)16-5-3-2-4-6-16/h2-13,20H,14H2,1H3,(H2,25,27)(H,26,28)/t20-/m0/s1. The molecule has 5 nitrogen and oxygen atoms in total. The lowest BCUT2D eigenvalue weighted by molar-refractivity contribution is -0.119. The summed E-state index contributed by atoms with van der Waals surface area (Å²) in [5.74, 6) is -0.451. The zero-order chi connectivity index (χ0) is 20.8. The maximum absolute atomic E-state index is 12.6. The molecule has 3 aromatic rings. The predicted molar refractivity (Wildman–Crippen MR) is 114 cm³/mol. The fourth-order valence-electron chi connectivity index (χ4n) is 2.98. The van der Waals surface area contributed by atoms with E-state index in [0.29, 0.717) is 16.3 Å². The van der Waals surface area contributed by atoms with E-state index >= 15 is 0 Å². The van der Waals surface area contributed by atoms with E-state index in [2.05, 4.69) is 5.32 Å². The molecule has 2 amide bonds. The SMILES string of the molecule is COc1ccc(C[C@H](NC(=O)c2ccc(-c3ccccc3)cc2)C(N)=O)cc1Cl. The smallest absolute Gasteiger partial charge is 0.251 e. The monoisotopic (exact) mass is 408 g/mol. The number of benzene rings is 3. The van der Waals surface area contributed by atoms with Gasteiger partial charge in [-0.15, -0.1) is 0 Å². The summed E-state index contributed by atoms with van der Waals surface area (Å²) in [4.78, 5) is 24.5. The molecular weight excluding hydrogens is 388 g/mol. The first-order chi connectivity index (χ1) is 14.0. The van der Waals surface area contributed by atoms with Crippen molar-refractivity contribution in [2.75, 3.05) is 7.11 Å². The number of ether oxygens (including phenoxy) is 1. The summed E-state index contributed by atoms with van der Waals surface area (Å²) >= 11 is 6.13. The summed E-state index contributed by atoms with van der Waals surface area (Å²) in [6.45, 7) is 0. The molecule has 3 aromatic carbocycles. The van der Waals surface area contributed by atoms with Crippen LogP contribution in [0.4, 0.5) is 0 Å². The number of nitrogens with one attached hydrogen (secondary N) is 1. The van der Waals surface area contributed by atoms with Gasteiger partial charge in [-0.1, -0.05) is 60.1 Å². The van der Waals surface area contributed by atoms with Crippen molar-refractivity contribution >= 4 is 23.4 Å². The zero-order valence-electron chi connectivity index (χ0n) is 15.9. The molecule has 0 saturated heterocycles. The van der Waals surface area contributed by atoms with Gasteiger partial charge in [-0.25, -0.2) is 0 Å². The third-order valence-electron chi connectivity index (χ3n) is 4.56. The largest absolute Gasteiger partial charge is 0.495 e. The third-order valence-corrected chi connectivity index (χ3v) is 4.85. The average Bonchev–Trinajstić information content (AvgIpc) is 2.74. The summed E-state index contributed by atoms with van der Waals surface area (Å²) in [6.07, 6.45) is 0.229. The Labute approximate surface area is 174 Å². The highest BCUT2D eigenvalue weighted by atomic mass is 35.5. The number of hydrogen-bond donors (Lipinski definition) is 2. The molecule has 0 radical (unpaired) electrons. The molecule has 0 aliphatic carbocycles. The number of amides is 2. The number of carbonyl (C=O) groups is 2. The lowest BCUT2D eigenvalue weighted by Gasteiger charge is -2.16. The van der Waals surface area contributed by atoms with Crippen molar-refractivity contribution in [2.45, 2.75) is 12.5 Å². The molecule has 0 saturated carbocycles. The molecular formula is C23H21ClN2O3. The highest BCUT2D eigenvalue weighted by Crippen LogP contribution is 2.25. The third kappa shape index (κ3) is 5.15. The Hall–Kier alpha value is -3.31. The highest BCUT2D eigenvalue weighted by Gasteiger charge is 2.20. The number of rotatable bonds is 7. The van der Waals surface area contributed by atoms with E-state index in [0.717, 1.165) is 16.7 Å². The van der Waals surface area contributed by atoms with Crippen LogP contribution < -0.4 is 15.8 Å². The lowest BCUT2D eigenvalue weighted by Crippen LogP contribution is -2.45. The molecule has 0 aliphatic heterocycles. The molecule has 0 fully saturated rings. The van der Waals surface area contributed by atoms with Crippen molar-refractivity contribution < 1.29 is 14.3 Å². The van der Waals surface area contributed by atoms with Crippen molar-refractivity contribution in [3.8, 4) is 16.9 Å². The average molecular weight is 409 g/mol. The van der Waals surface area contributed by atoms with Crippen LogP contribution in [0, 0.1) is 0 Å². The summed E-state index contributed by atoms with van der Waals surface area (Å²) in [5, 5.41) is 3.13. The zero-order valence-corrected chi connectivity index (χ0v) is 16.6. The Morgan fingerprint density at radius 3 is 2.24 bits per heavy atom. The van der Waals surface area contributed by atoms with Gasteiger partial charge in [-0.05, 0) is 41.0 Å². The van der Waals surface area contributed by atoms with Gasteiger partial charge >= 0.3 is 0 Å². The molecule has 1 atom stereocenters. The number of primary amides is 1. The van der Waals surface area contributed by atoms with E-state index in [-0.39, 0.29) is 12.3 Å². The van der Waals surface area contributed by atoms with Gasteiger partial charge in [0.25, 0.3) is 5.91 Å². The Bertz CT molecular complexity index is 1000. The van der Waals surface area contributed by atoms with Crippen molar-refractivity contribution in [1.29, 1.82) is 0 Å². The number of nitrogens with two attached hydrogens (primary N) is 1. The van der Waals surface area contributed by atoms with E-state index in [1.165, 1.54) is 7.11 Å². The number of hydrogen-bond acceptors (Lipinski definition) is 3. The van der Waals surface area contributed by atoms with Crippen LogP contribution in [0.1, 0.15) is 15.9 Å². The van der Waals surface area contributed by atoms with Crippen molar-refractivity contribution in [3.63, 3.8) is 0 Å². The Morgan fingerprint density at radius 1 is 1.00 bits per heavy atom. The minimum Gasteiger partial charge on any atom is -0.495 e. The number of carbonyl (C=O) groups excluding carboxylic acids is 2. The second-order valence-electron chi connectivity index (χ2n) is 6.54. The van der Waals surface area contributed by atoms with Gasteiger partial charge < -0.3 is 15.8 Å². The maximum atomic E-state index is 12.6. The molecule has 0 heterocycles. The van der Waals surface area contributed by atoms with Gasteiger partial charge in [-0.2, -0.15) is 0 Å². The Kier molecular flexibility index (Phi) is 6.52. The van der Waals surface area contributed by atoms with Crippen LogP contribution in [-0.4, -0.2) is 25.0 Å². The summed E-state index contributed by atoms with van der Waals surface area (Å²) in [6, 6.07) is 21.4. The minimum absolute atomic E-state index is 0.229. The Morgan fingerprint density at radius 2 is 1.66 bits per heavy atom. The van der Waals surface area contributed by atoms with Gasteiger partial charge in [0.15, 0.2) is 0 Å². The second-order valence-corrected chi connectivity index (χ2v) is 6.95. The van der Waals surface area contributed by atoms with Crippen LogP contribution in [0.15, 0.2) is 72.8 Å². The topological polar surface area (TPSA) is 81.4 Å². The van der Waals surface area contributed by atoms with Crippen LogP contribution in [-0.2, 0) is 11.2 Å². The van der Waals surface area contributed by atoms with Gasteiger partial charge in [0.2, 0.25) is 5.91 Å². The van der Waals surface area contributed by atoms with Crippen molar-refractivity contribution in [3.05, 3.63) is 88.9 Å². The summed E-state index contributed by atoms with van der Waals surface area (Å²) in [7, 11) is 1.52. The molecule has 148 valence electrons. The van der Waals surface area contributed by atoms with Crippen LogP contribution >= 0.6 is 11.6 Å². The van der Waals surface area contributed by atoms with E-state index in [9.17, 15) is 9.59 Å². The van der Waals surface area contributed by atoms with E-state index in [1.807, 2.05) is 42.5 Å². The molecule has 0 bridgehead atoms. The van der Waals surface area contributed by atoms with Crippen LogP contribution in [0.2, 0.25) is 5.02 Å². The number of halogens is 1. The molecule has 0 aliphatic rings. The van der Waals surface area contributed by atoms with Crippen LogP contribution in [0.5, 0.6) is 5.75 Å². The summed E-state index contributed by atoms with van der Waals surface area (Å²) < 4.78 is 5.12. The molecule has 6 heteroatoms. The molecule has 0 unspecified atom stereocenters. The first-order valence-corrected chi connectivity index (χ1v) is 9.44. The highest BCUT2D eigenvalue weighted by molar-refractivity contribution is 6.32. The second kappa shape index (κ2) is 9.26. The maximum Gasteiger partial charge on any atom is 0.251 e. The van der Waals surface area contributed by atoms with Crippen LogP contribution in [0.3, 0.4) is 0 Å². The minimum atomic E-state index is -0.860. The first kappa shape index (κ1) is 20.4. The lowest BCUT2D eigenvalue weighted by atomic mass is 10.0. The molecule has 3 N–H and O–H groups in total. The van der Waals surface area contributed by atoms with Gasteiger partial charge in [0.05, 0.1) is 12.1 Å². The van der Waals surface area contributed by atoms with Crippen LogP contribution in [0.25, 0.3) is 11.1 Å². The van der Waals surface area contributed by atoms with Crippen molar-refractivity contribution in [1.82, 2.24) is 5.32 Å². The molecule has 0 spiro atoms. The fraction of sp³-hybridized carbons (Fsp3) is 0.130. The van der Waals surface area contributed by atoms with Gasteiger partial charge in [0, 0.05) is 12.0 Å². The normalized spacial score (nSPS) is 11.5. The van der Waals surface area contributed by atoms with Gasteiger partial charge in [0.1, 0.15) is 11.8 Å².